The third-order valence-electron chi connectivity index (χ3n) is 4.43. The minimum atomic E-state index is -1.19. The molecule has 1 aliphatic rings. The first-order valence-corrected chi connectivity index (χ1v) is 8.53. The highest BCUT2D eigenvalue weighted by molar-refractivity contribution is 6.51. The number of ketones is 2. The van der Waals surface area contributed by atoms with Gasteiger partial charge in [0.15, 0.2) is 17.3 Å². The Kier molecular flexibility index (Phi) is 5.66. The van der Waals surface area contributed by atoms with Crippen LogP contribution in [0.1, 0.15) is 34.8 Å². The molecule has 0 unspecified atom stereocenters. The van der Waals surface area contributed by atoms with Crippen LogP contribution < -0.4 is 4.65 Å². The molecule has 7 nitrogen and oxygen atoms in total. The summed E-state index contributed by atoms with van der Waals surface area (Å²) in [6.45, 7) is 1.45. The smallest absolute Gasteiger partial charge is 0.526 e. The highest BCUT2D eigenvalue weighted by Gasteiger charge is 2.38. The van der Waals surface area contributed by atoms with E-state index < -0.39 is 12.9 Å². The molecule has 0 fully saturated rings. The summed E-state index contributed by atoms with van der Waals surface area (Å²) < 4.78 is 5.58. The average molecular weight is 366 g/mol. The molecule has 1 aliphatic heterocycles. The first-order chi connectivity index (χ1) is 13.0. The molecule has 2 heterocycles. The van der Waals surface area contributed by atoms with Crippen molar-refractivity contribution in [3.8, 4) is 5.75 Å². The van der Waals surface area contributed by atoms with Crippen molar-refractivity contribution < 1.29 is 24.1 Å². The zero-order valence-corrected chi connectivity index (χ0v) is 15.1. The largest absolute Gasteiger partial charge is 0.535 e. The van der Waals surface area contributed by atoms with Crippen LogP contribution in [-0.4, -0.2) is 41.5 Å². The van der Waals surface area contributed by atoms with Gasteiger partial charge in [-0.15, -0.1) is 0 Å². The van der Waals surface area contributed by atoms with Crippen molar-refractivity contribution in [2.75, 3.05) is 7.11 Å². The van der Waals surface area contributed by atoms with Crippen LogP contribution in [0.25, 0.3) is 0 Å². The summed E-state index contributed by atoms with van der Waals surface area (Å²) in [6.07, 6.45) is 3.55. The van der Waals surface area contributed by atoms with Gasteiger partial charge in [-0.25, -0.2) is 0 Å². The van der Waals surface area contributed by atoms with E-state index >= 15 is 0 Å². The number of Topliss-reactive ketones (excluding diaryl/α,β-unsaturated/α-hetero) is 2. The molecule has 1 aromatic carbocycles. The SMILES string of the molecule is CO/N=C(\C(=O)C[C@H]1Cc2cccc(C(C)=O)c2OB1O)c1cccnc1. The molecule has 1 aromatic heterocycles. The number of pyridine rings is 1. The number of oxime groups is 1. The van der Waals surface area contributed by atoms with Gasteiger partial charge < -0.3 is 14.5 Å². The van der Waals surface area contributed by atoms with Crippen molar-refractivity contribution in [1.82, 2.24) is 4.98 Å². The molecule has 0 saturated heterocycles. The number of nitrogens with zero attached hydrogens (tertiary/aromatic N) is 2. The van der Waals surface area contributed by atoms with Gasteiger partial charge in [-0.3, -0.25) is 14.6 Å². The van der Waals surface area contributed by atoms with Crippen LogP contribution in [0.15, 0.2) is 47.9 Å². The third kappa shape index (κ3) is 4.06. The van der Waals surface area contributed by atoms with Gasteiger partial charge in [-0.05, 0) is 37.1 Å². The molecule has 0 saturated carbocycles. The molecule has 3 rings (SSSR count). The van der Waals surface area contributed by atoms with Gasteiger partial charge in [0.1, 0.15) is 12.9 Å². The monoisotopic (exact) mass is 366 g/mol. The first-order valence-electron chi connectivity index (χ1n) is 8.53. The molecule has 138 valence electrons. The normalized spacial score (nSPS) is 16.3. The molecule has 0 radical (unpaired) electrons. The third-order valence-corrected chi connectivity index (χ3v) is 4.43. The molecule has 0 aliphatic carbocycles. The van der Waals surface area contributed by atoms with E-state index in [0.29, 0.717) is 23.3 Å². The minimum Gasteiger partial charge on any atom is -0.535 e. The van der Waals surface area contributed by atoms with Crippen LogP contribution in [0.3, 0.4) is 0 Å². The lowest BCUT2D eigenvalue weighted by Gasteiger charge is -2.28. The highest BCUT2D eigenvalue weighted by atomic mass is 16.6. The summed E-state index contributed by atoms with van der Waals surface area (Å²) in [6, 6.07) is 8.67. The van der Waals surface area contributed by atoms with Gasteiger partial charge in [0.05, 0.1) is 5.56 Å². The van der Waals surface area contributed by atoms with Crippen LogP contribution >= 0.6 is 0 Å². The predicted octanol–water partition coefficient (Wildman–Crippen LogP) is 2.08. The Morgan fingerprint density at radius 3 is 2.85 bits per heavy atom. The van der Waals surface area contributed by atoms with E-state index in [-0.39, 0.29) is 23.7 Å². The standard InChI is InChI=1S/C19H19BN2O5/c1-12(23)16-7-3-5-13-9-15(20(25)27-19(13)16)10-17(24)18(22-26-2)14-6-4-8-21-11-14/h3-8,11,15,25H,9-10H2,1-2H3/b22-18-/t15-/m1/s1. The number of carbonyl (C=O) groups excluding carboxylic acids is 2. The molecular formula is C19H19BN2O5. The topological polar surface area (TPSA) is 98.1 Å². The minimum absolute atomic E-state index is 0.0159. The van der Waals surface area contributed by atoms with Crippen molar-refractivity contribution in [1.29, 1.82) is 0 Å². The number of fused-ring (bicyclic) bond motifs is 1. The van der Waals surface area contributed by atoms with Crippen molar-refractivity contribution >= 4 is 24.4 Å². The van der Waals surface area contributed by atoms with Gasteiger partial charge in [0.2, 0.25) is 0 Å². The summed E-state index contributed by atoms with van der Waals surface area (Å²) in [4.78, 5) is 33.3. The summed E-state index contributed by atoms with van der Waals surface area (Å²) in [5.41, 5.74) is 1.89. The summed E-state index contributed by atoms with van der Waals surface area (Å²) in [7, 11) is 0.168. The quantitative estimate of drug-likeness (QED) is 0.364. The molecule has 1 N–H and O–H groups in total. The Labute approximate surface area is 157 Å². The predicted molar refractivity (Wildman–Crippen MR) is 99.9 cm³/mol. The van der Waals surface area contributed by atoms with Gasteiger partial charge in [0, 0.05) is 30.2 Å². The zero-order valence-electron chi connectivity index (χ0n) is 15.1. The van der Waals surface area contributed by atoms with Crippen LogP contribution in [0.4, 0.5) is 0 Å². The Balaban J connectivity index is 1.82. The maximum Gasteiger partial charge on any atom is 0.526 e. The second-order valence-corrected chi connectivity index (χ2v) is 6.31. The molecule has 8 heteroatoms. The van der Waals surface area contributed by atoms with Crippen LogP contribution in [0, 0.1) is 0 Å². The maximum atomic E-state index is 12.8. The van der Waals surface area contributed by atoms with Gasteiger partial charge in [-0.1, -0.05) is 17.3 Å². The molecular weight excluding hydrogens is 347 g/mol. The van der Waals surface area contributed by atoms with E-state index in [4.69, 9.17) is 9.49 Å². The van der Waals surface area contributed by atoms with Crippen molar-refractivity contribution in [3.63, 3.8) is 0 Å². The Morgan fingerprint density at radius 1 is 1.37 bits per heavy atom. The fourth-order valence-corrected chi connectivity index (χ4v) is 3.13. The van der Waals surface area contributed by atoms with E-state index in [9.17, 15) is 14.6 Å². The van der Waals surface area contributed by atoms with Crippen molar-refractivity contribution in [3.05, 3.63) is 59.4 Å². The number of rotatable bonds is 6. The molecule has 27 heavy (non-hydrogen) atoms. The lowest BCUT2D eigenvalue weighted by Crippen LogP contribution is -2.36. The molecule has 0 amide bonds. The van der Waals surface area contributed by atoms with E-state index in [0.717, 1.165) is 5.56 Å². The fourth-order valence-electron chi connectivity index (χ4n) is 3.13. The van der Waals surface area contributed by atoms with Crippen molar-refractivity contribution in [2.45, 2.75) is 25.6 Å². The van der Waals surface area contributed by atoms with Crippen LogP contribution in [0.2, 0.25) is 5.82 Å². The summed E-state index contributed by atoms with van der Waals surface area (Å²) in [5.74, 6) is -0.506. The van der Waals surface area contributed by atoms with Gasteiger partial charge >= 0.3 is 7.12 Å². The highest BCUT2D eigenvalue weighted by Crippen LogP contribution is 2.36. The van der Waals surface area contributed by atoms with E-state index in [1.165, 1.54) is 20.2 Å². The maximum absolute atomic E-state index is 12.8. The molecule has 2 aromatic rings. The van der Waals surface area contributed by atoms with Crippen LogP contribution in [-0.2, 0) is 16.1 Å². The Hall–Kier alpha value is -3.00. The summed E-state index contributed by atoms with van der Waals surface area (Å²) in [5, 5.41) is 14.2. The lowest BCUT2D eigenvalue weighted by atomic mass is 9.64. The van der Waals surface area contributed by atoms with E-state index in [1.807, 2.05) is 6.07 Å². The number of hydrogen-bond donors (Lipinski definition) is 1. The molecule has 0 bridgehead atoms. The Bertz CT molecular complexity index is 885. The van der Waals surface area contributed by atoms with E-state index in [2.05, 4.69) is 10.1 Å². The number of aromatic nitrogens is 1. The molecule has 1 atom stereocenters. The lowest BCUT2D eigenvalue weighted by molar-refractivity contribution is -0.113. The second-order valence-electron chi connectivity index (χ2n) is 6.31. The number of benzene rings is 1. The number of carbonyl (C=O) groups is 2. The average Bonchev–Trinajstić information content (AvgIpc) is 2.66. The number of para-hydroxylation sites is 1. The van der Waals surface area contributed by atoms with Gasteiger partial charge in [0.25, 0.3) is 0 Å². The number of hydrogen-bond acceptors (Lipinski definition) is 7. The van der Waals surface area contributed by atoms with Gasteiger partial charge in [-0.2, -0.15) is 0 Å². The Morgan fingerprint density at radius 2 is 2.19 bits per heavy atom. The fraction of sp³-hybridized carbons (Fsp3) is 0.263. The second kappa shape index (κ2) is 8.13. The van der Waals surface area contributed by atoms with Crippen molar-refractivity contribution in [2.24, 2.45) is 5.16 Å². The molecule has 0 spiro atoms. The zero-order chi connectivity index (χ0) is 19.4. The van der Waals surface area contributed by atoms with E-state index in [1.54, 1.807) is 30.5 Å². The summed E-state index contributed by atoms with van der Waals surface area (Å²) >= 11 is 0. The first kappa shape index (κ1) is 18.8. The van der Waals surface area contributed by atoms with Crippen LogP contribution in [0.5, 0.6) is 5.75 Å².